The van der Waals surface area contributed by atoms with E-state index in [4.69, 9.17) is 16.3 Å². The Morgan fingerprint density at radius 3 is 2.95 bits per heavy atom. The summed E-state index contributed by atoms with van der Waals surface area (Å²) in [5, 5.41) is 15.0. The summed E-state index contributed by atoms with van der Waals surface area (Å²) in [4.78, 5) is 0.810. The highest BCUT2D eigenvalue weighted by atomic mass is 35.5. The lowest BCUT2D eigenvalue weighted by atomic mass is 10.0. The van der Waals surface area contributed by atoms with Crippen molar-refractivity contribution >= 4 is 23.1 Å². The van der Waals surface area contributed by atoms with Gasteiger partial charge in [0, 0.05) is 11.4 Å². The smallest absolute Gasteiger partial charge is 0.122 e. The number of aliphatic hydroxyl groups excluding tert-OH is 1. The van der Waals surface area contributed by atoms with Gasteiger partial charge in [0.15, 0.2) is 0 Å². The van der Waals surface area contributed by atoms with Crippen LogP contribution < -0.4 is 4.74 Å². The second kappa shape index (κ2) is 6.32. The lowest BCUT2D eigenvalue weighted by molar-refractivity contribution is 0.180. The predicted molar refractivity (Wildman–Crippen MR) is 76.0 cm³/mol. The molecular weight excluding hydrogens is 284 g/mol. The van der Waals surface area contributed by atoms with E-state index in [1.807, 2.05) is 13.0 Å². The van der Waals surface area contributed by atoms with E-state index in [9.17, 15) is 5.11 Å². The van der Waals surface area contributed by atoms with E-state index in [0.29, 0.717) is 11.4 Å². The number of aromatic nitrogens is 2. The second-order valence-electron chi connectivity index (χ2n) is 4.11. The van der Waals surface area contributed by atoms with Crippen molar-refractivity contribution < 1.29 is 9.84 Å². The number of benzene rings is 1. The van der Waals surface area contributed by atoms with Crippen LogP contribution in [0.3, 0.4) is 0 Å². The summed E-state index contributed by atoms with van der Waals surface area (Å²) in [5.74, 6) is 0.721. The second-order valence-corrected chi connectivity index (χ2v) is 5.34. The SMILES string of the molecule is CCc1nnsc1C(O)Cc1cc(Cl)ccc1OC. The molecule has 0 saturated carbocycles. The van der Waals surface area contributed by atoms with Gasteiger partial charge < -0.3 is 9.84 Å². The number of hydrogen-bond acceptors (Lipinski definition) is 5. The topological polar surface area (TPSA) is 55.2 Å². The number of rotatable bonds is 5. The molecule has 1 atom stereocenters. The zero-order valence-corrected chi connectivity index (χ0v) is 12.3. The lowest BCUT2D eigenvalue weighted by Crippen LogP contribution is -2.04. The van der Waals surface area contributed by atoms with Crippen LogP contribution in [0.4, 0.5) is 0 Å². The number of aliphatic hydroxyl groups is 1. The van der Waals surface area contributed by atoms with E-state index in [1.54, 1.807) is 19.2 Å². The van der Waals surface area contributed by atoms with Crippen LogP contribution >= 0.6 is 23.1 Å². The van der Waals surface area contributed by atoms with Crippen LogP contribution in [0.1, 0.15) is 29.2 Å². The number of methoxy groups -OCH3 is 1. The van der Waals surface area contributed by atoms with Crippen molar-refractivity contribution in [3.8, 4) is 5.75 Å². The molecule has 2 rings (SSSR count). The Morgan fingerprint density at radius 2 is 2.26 bits per heavy atom. The molecule has 0 saturated heterocycles. The Balaban J connectivity index is 2.23. The van der Waals surface area contributed by atoms with Crippen LogP contribution in [0, 0.1) is 0 Å². The number of nitrogens with zero attached hydrogens (tertiary/aromatic N) is 2. The first-order valence-electron chi connectivity index (χ1n) is 5.97. The molecule has 2 aromatic rings. The van der Waals surface area contributed by atoms with Crippen molar-refractivity contribution in [3.05, 3.63) is 39.4 Å². The Bertz CT molecular complexity index is 559. The molecule has 1 unspecified atom stereocenters. The fourth-order valence-electron chi connectivity index (χ4n) is 1.92. The first-order valence-corrected chi connectivity index (χ1v) is 7.12. The average Bonchev–Trinajstić information content (AvgIpc) is 2.87. The minimum absolute atomic E-state index is 0.431. The van der Waals surface area contributed by atoms with Gasteiger partial charge in [-0.3, -0.25) is 0 Å². The minimum atomic E-state index is -0.637. The highest BCUT2D eigenvalue weighted by Crippen LogP contribution is 2.30. The Labute approximate surface area is 121 Å². The fourth-order valence-corrected chi connectivity index (χ4v) is 2.84. The molecular formula is C13H15ClN2O2S. The van der Waals surface area contributed by atoms with E-state index < -0.39 is 6.10 Å². The third-order valence-corrected chi connectivity index (χ3v) is 3.98. The monoisotopic (exact) mass is 298 g/mol. The fraction of sp³-hybridized carbons (Fsp3) is 0.385. The summed E-state index contributed by atoms with van der Waals surface area (Å²) < 4.78 is 9.17. The van der Waals surface area contributed by atoms with Gasteiger partial charge in [-0.05, 0) is 41.7 Å². The number of halogens is 1. The van der Waals surface area contributed by atoms with E-state index in [2.05, 4.69) is 9.59 Å². The van der Waals surface area contributed by atoms with Crippen molar-refractivity contribution in [2.24, 2.45) is 0 Å². The summed E-state index contributed by atoms with van der Waals surface area (Å²) in [6.07, 6.45) is 0.554. The Hall–Kier alpha value is -1.17. The minimum Gasteiger partial charge on any atom is -0.496 e. The quantitative estimate of drug-likeness (QED) is 0.922. The summed E-state index contributed by atoms with van der Waals surface area (Å²) in [7, 11) is 1.60. The van der Waals surface area contributed by atoms with Crippen molar-refractivity contribution in [2.45, 2.75) is 25.9 Å². The zero-order valence-electron chi connectivity index (χ0n) is 10.8. The maximum absolute atomic E-state index is 10.3. The summed E-state index contributed by atoms with van der Waals surface area (Å²) in [6, 6.07) is 5.38. The first kappa shape index (κ1) is 14.2. The number of ether oxygens (including phenoxy) is 1. The molecule has 102 valence electrons. The van der Waals surface area contributed by atoms with Crippen LogP contribution in [0.5, 0.6) is 5.75 Å². The number of aryl methyl sites for hydroxylation is 1. The van der Waals surface area contributed by atoms with E-state index in [-0.39, 0.29) is 0 Å². The first-order chi connectivity index (χ1) is 9.15. The van der Waals surface area contributed by atoms with Crippen molar-refractivity contribution in [1.29, 1.82) is 0 Å². The van der Waals surface area contributed by atoms with Crippen LogP contribution in [0.15, 0.2) is 18.2 Å². The third-order valence-electron chi connectivity index (χ3n) is 2.88. The molecule has 0 fully saturated rings. The van der Waals surface area contributed by atoms with E-state index >= 15 is 0 Å². The molecule has 6 heteroatoms. The molecule has 0 aliphatic heterocycles. The maximum atomic E-state index is 10.3. The van der Waals surface area contributed by atoms with Crippen LogP contribution in [-0.2, 0) is 12.8 Å². The predicted octanol–water partition coefficient (Wildman–Crippen LogP) is 3.04. The van der Waals surface area contributed by atoms with Gasteiger partial charge in [-0.25, -0.2) is 0 Å². The normalized spacial score (nSPS) is 12.4. The largest absolute Gasteiger partial charge is 0.496 e. The molecule has 0 amide bonds. The summed E-state index contributed by atoms with van der Waals surface area (Å²) >= 11 is 7.22. The van der Waals surface area contributed by atoms with Gasteiger partial charge in [0.1, 0.15) is 5.75 Å². The molecule has 1 N–H and O–H groups in total. The van der Waals surface area contributed by atoms with Crippen molar-refractivity contribution in [2.75, 3.05) is 7.11 Å². The molecule has 1 aromatic heterocycles. The summed E-state index contributed by atoms with van der Waals surface area (Å²) in [5.41, 5.74) is 1.72. The Morgan fingerprint density at radius 1 is 1.47 bits per heavy atom. The van der Waals surface area contributed by atoms with E-state index in [1.165, 1.54) is 11.5 Å². The molecule has 19 heavy (non-hydrogen) atoms. The molecule has 0 spiro atoms. The van der Waals surface area contributed by atoms with Gasteiger partial charge in [0.2, 0.25) is 0 Å². The van der Waals surface area contributed by atoms with Crippen LogP contribution in [0.2, 0.25) is 5.02 Å². The van der Waals surface area contributed by atoms with Crippen LogP contribution in [-0.4, -0.2) is 21.8 Å². The Kier molecular flexibility index (Phi) is 4.74. The van der Waals surface area contributed by atoms with Gasteiger partial charge in [-0.2, -0.15) is 0 Å². The molecule has 4 nitrogen and oxygen atoms in total. The van der Waals surface area contributed by atoms with Gasteiger partial charge >= 0.3 is 0 Å². The summed E-state index contributed by atoms with van der Waals surface area (Å²) in [6.45, 7) is 1.99. The van der Waals surface area contributed by atoms with Crippen molar-refractivity contribution in [1.82, 2.24) is 9.59 Å². The van der Waals surface area contributed by atoms with Crippen LogP contribution in [0.25, 0.3) is 0 Å². The van der Waals surface area contributed by atoms with Crippen molar-refractivity contribution in [3.63, 3.8) is 0 Å². The molecule has 0 radical (unpaired) electrons. The molecule has 1 heterocycles. The average molecular weight is 299 g/mol. The molecule has 0 bridgehead atoms. The molecule has 1 aromatic carbocycles. The maximum Gasteiger partial charge on any atom is 0.122 e. The van der Waals surface area contributed by atoms with Gasteiger partial charge in [0.05, 0.1) is 23.8 Å². The van der Waals surface area contributed by atoms with E-state index in [0.717, 1.165) is 28.3 Å². The highest BCUT2D eigenvalue weighted by Gasteiger charge is 2.18. The molecule has 0 aliphatic carbocycles. The van der Waals surface area contributed by atoms with Gasteiger partial charge in [-0.1, -0.05) is 23.0 Å². The van der Waals surface area contributed by atoms with Gasteiger partial charge in [0.25, 0.3) is 0 Å². The zero-order chi connectivity index (χ0) is 13.8. The molecule has 0 aliphatic rings. The highest BCUT2D eigenvalue weighted by molar-refractivity contribution is 7.05. The number of hydrogen-bond donors (Lipinski definition) is 1. The standard InChI is InChI=1S/C13H15ClN2O2S/c1-3-10-13(19-16-15-10)11(17)7-8-6-9(14)4-5-12(8)18-2/h4-6,11,17H,3,7H2,1-2H3. The third kappa shape index (κ3) is 3.23. The van der Waals surface area contributed by atoms with Gasteiger partial charge in [-0.15, -0.1) is 5.10 Å². The lowest BCUT2D eigenvalue weighted by Gasteiger charge is -2.13.